The monoisotopic (exact) mass is 191 g/mol. The van der Waals surface area contributed by atoms with Crippen molar-refractivity contribution in [3.05, 3.63) is 0 Å². The minimum atomic E-state index is 0. The second-order valence-electron chi connectivity index (χ2n) is 3.26. The average molecular weight is 192 g/mol. The van der Waals surface area contributed by atoms with Crippen molar-refractivity contribution in [3.8, 4) is 0 Å². The second kappa shape index (κ2) is 6.44. The fraction of sp³-hybridized carbons (Fsp3) is 0.889. The van der Waals surface area contributed by atoms with Gasteiger partial charge in [0.25, 0.3) is 0 Å². The first-order valence-corrected chi connectivity index (χ1v) is 4.58. The molecule has 1 fully saturated rings. The number of nitrogens with one attached hydrogen (secondary N) is 1. The topological polar surface area (TPSA) is 29.1 Å². The van der Waals surface area contributed by atoms with Gasteiger partial charge in [0.05, 0.1) is 0 Å². The van der Waals surface area contributed by atoms with Crippen LogP contribution in [0.1, 0.15) is 32.6 Å². The number of hydrogen-bond donors (Lipinski definition) is 1. The molecule has 2 nitrogen and oxygen atoms in total. The molecule has 3 heteroatoms. The number of hydrogen-bond acceptors (Lipinski definition) is 2. The van der Waals surface area contributed by atoms with Crippen LogP contribution in [-0.4, -0.2) is 18.9 Å². The molecule has 1 aliphatic heterocycles. The first-order valence-electron chi connectivity index (χ1n) is 4.58. The summed E-state index contributed by atoms with van der Waals surface area (Å²) in [6.07, 6.45) is 4.22. The third kappa shape index (κ3) is 3.55. The molecule has 0 aliphatic carbocycles. The fourth-order valence-corrected chi connectivity index (χ4v) is 1.52. The van der Waals surface area contributed by atoms with Crippen LogP contribution >= 0.6 is 12.4 Å². The smallest absolute Gasteiger partial charge is 0.138 e. The minimum Gasteiger partial charge on any atom is -0.316 e. The van der Waals surface area contributed by atoms with E-state index < -0.39 is 0 Å². The summed E-state index contributed by atoms with van der Waals surface area (Å²) in [5.41, 5.74) is 0. The van der Waals surface area contributed by atoms with Crippen molar-refractivity contribution in [2.75, 3.05) is 13.1 Å². The quantitative estimate of drug-likeness (QED) is 0.737. The van der Waals surface area contributed by atoms with Crippen molar-refractivity contribution in [3.63, 3.8) is 0 Å². The summed E-state index contributed by atoms with van der Waals surface area (Å²) in [7, 11) is 0. The predicted octanol–water partition coefficient (Wildman–Crippen LogP) is 1.78. The highest BCUT2D eigenvalue weighted by Gasteiger charge is 2.20. The van der Waals surface area contributed by atoms with Crippen LogP contribution in [0.4, 0.5) is 0 Å². The van der Waals surface area contributed by atoms with Gasteiger partial charge in [-0.3, -0.25) is 4.79 Å². The molecule has 72 valence electrons. The molecule has 0 bridgehead atoms. The summed E-state index contributed by atoms with van der Waals surface area (Å²) in [5.74, 6) is 0.792. The molecule has 1 rings (SSSR count). The molecule has 0 saturated carbocycles. The van der Waals surface area contributed by atoms with Gasteiger partial charge in [-0.1, -0.05) is 19.8 Å². The van der Waals surface area contributed by atoms with Crippen LogP contribution in [0, 0.1) is 5.92 Å². The Morgan fingerprint density at radius 2 is 2.33 bits per heavy atom. The molecule has 1 atom stereocenters. The molecular weight excluding hydrogens is 174 g/mol. The van der Waals surface area contributed by atoms with E-state index >= 15 is 0 Å². The van der Waals surface area contributed by atoms with E-state index in [1.165, 1.54) is 12.8 Å². The van der Waals surface area contributed by atoms with Crippen LogP contribution < -0.4 is 5.32 Å². The maximum absolute atomic E-state index is 11.3. The maximum Gasteiger partial charge on any atom is 0.138 e. The van der Waals surface area contributed by atoms with Crippen molar-refractivity contribution in [1.29, 1.82) is 0 Å². The molecule has 0 aromatic heterocycles. The van der Waals surface area contributed by atoms with Crippen LogP contribution in [0.3, 0.4) is 0 Å². The van der Waals surface area contributed by atoms with Gasteiger partial charge in [-0.2, -0.15) is 0 Å². The zero-order valence-electron chi connectivity index (χ0n) is 7.64. The second-order valence-corrected chi connectivity index (χ2v) is 3.26. The molecule has 12 heavy (non-hydrogen) atoms. The number of carbonyl (C=O) groups is 1. The van der Waals surface area contributed by atoms with Gasteiger partial charge < -0.3 is 5.32 Å². The molecule has 0 radical (unpaired) electrons. The van der Waals surface area contributed by atoms with Crippen LogP contribution in [0.5, 0.6) is 0 Å². The van der Waals surface area contributed by atoms with E-state index in [-0.39, 0.29) is 12.4 Å². The Balaban J connectivity index is 0.00000121. The van der Waals surface area contributed by atoms with Crippen LogP contribution in [0.25, 0.3) is 0 Å². The van der Waals surface area contributed by atoms with Crippen molar-refractivity contribution in [1.82, 2.24) is 5.32 Å². The molecule has 1 aliphatic rings. The van der Waals surface area contributed by atoms with E-state index in [0.717, 1.165) is 25.9 Å². The minimum absolute atomic E-state index is 0. The number of carbonyl (C=O) groups excluding carboxylic acids is 1. The Bertz CT molecular complexity index is 138. The number of Topliss-reactive ketones (excluding diaryl/α,β-unsaturated/α-hetero) is 1. The van der Waals surface area contributed by atoms with Crippen molar-refractivity contribution < 1.29 is 4.79 Å². The zero-order chi connectivity index (χ0) is 8.10. The van der Waals surface area contributed by atoms with Gasteiger partial charge in [0, 0.05) is 25.4 Å². The lowest BCUT2D eigenvalue weighted by atomic mass is 9.93. The summed E-state index contributed by atoms with van der Waals surface area (Å²) >= 11 is 0. The van der Waals surface area contributed by atoms with E-state index in [9.17, 15) is 4.79 Å². The summed E-state index contributed by atoms with van der Waals surface area (Å²) in [5, 5.41) is 3.25. The molecule has 1 N–H and O–H groups in total. The number of halogens is 1. The van der Waals surface area contributed by atoms with Crippen LogP contribution in [0.2, 0.25) is 0 Å². The third-order valence-corrected chi connectivity index (χ3v) is 2.30. The van der Waals surface area contributed by atoms with Gasteiger partial charge in [-0.15, -0.1) is 12.4 Å². The SMILES string of the molecule is CCCCC1CNCCC1=O.Cl. The molecule has 1 saturated heterocycles. The molecule has 0 spiro atoms. The highest BCUT2D eigenvalue weighted by molar-refractivity contribution is 5.85. The molecule has 1 unspecified atom stereocenters. The van der Waals surface area contributed by atoms with E-state index in [0.29, 0.717) is 11.7 Å². The Labute approximate surface area is 80.5 Å². The number of ketones is 1. The number of unbranched alkanes of at least 4 members (excludes halogenated alkanes) is 1. The highest BCUT2D eigenvalue weighted by Crippen LogP contribution is 2.13. The summed E-state index contributed by atoms with van der Waals surface area (Å²) in [6.45, 7) is 3.97. The van der Waals surface area contributed by atoms with Crippen LogP contribution in [-0.2, 0) is 4.79 Å². The highest BCUT2D eigenvalue weighted by atomic mass is 35.5. The van der Waals surface area contributed by atoms with Crippen LogP contribution in [0.15, 0.2) is 0 Å². The molecule has 0 aromatic rings. The zero-order valence-corrected chi connectivity index (χ0v) is 8.45. The van der Waals surface area contributed by atoms with Gasteiger partial charge in [-0.25, -0.2) is 0 Å². The van der Waals surface area contributed by atoms with Gasteiger partial charge >= 0.3 is 0 Å². The first kappa shape index (κ1) is 11.9. The molecule has 1 heterocycles. The van der Waals surface area contributed by atoms with E-state index in [4.69, 9.17) is 0 Å². The van der Waals surface area contributed by atoms with E-state index in [2.05, 4.69) is 12.2 Å². The lowest BCUT2D eigenvalue weighted by Gasteiger charge is -2.20. The Kier molecular flexibility index (Phi) is 6.39. The number of rotatable bonds is 3. The van der Waals surface area contributed by atoms with E-state index in [1.54, 1.807) is 0 Å². The van der Waals surface area contributed by atoms with Gasteiger partial charge in [0.1, 0.15) is 5.78 Å². The van der Waals surface area contributed by atoms with Crippen molar-refractivity contribution in [2.45, 2.75) is 32.6 Å². The standard InChI is InChI=1S/C9H17NO.ClH/c1-2-3-4-8-7-10-6-5-9(8)11;/h8,10H,2-7H2,1H3;1H. The van der Waals surface area contributed by atoms with Gasteiger partial charge in [-0.05, 0) is 6.42 Å². The van der Waals surface area contributed by atoms with Gasteiger partial charge in [0.15, 0.2) is 0 Å². The Hall–Kier alpha value is -0.0800. The summed E-state index contributed by atoms with van der Waals surface area (Å²) < 4.78 is 0. The summed E-state index contributed by atoms with van der Waals surface area (Å²) in [6, 6.07) is 0. The lowest BCUT2D eigenvalue weighted by molar-refractivity contribution is -0.124. The first-order chi connectivity index (χ1) is 5.34. The number of piperidine rings is 1. The Morgan fingerprint density at radius 1 is 1.58 bits per heavy atom. The largest absolute Gasteiger partial charge is 0.316 e. The normalized spacial score (nSPS) is 23.4. The fourth-order valence-electron chi connectivity index (χ4n) is 1.52. The van der Waals surface area contributed by atoms with Gasteiger partial charge in [0.2, 0.25) is 0 Å². The maximum atomic E-state index is 11.3. The van der Waals surface area contributed by atoms with Crippen molar-refractivity contribution in [2.24, 2.45) is 5.92 Å². The molecule has 0 amide bonds. The molecular formula is C9H18ClNO. The summed E-state index contributed by atoms with van der Waals surface area (Å²) in [4.78, 5) is 11.3. The molecule has 0 aromatic carbocycles. The third-order valence-electron chi connectivity index (χ3n) is 2.30. The van der Waals surface area contributed by atoms with Crippen molar-refractivity contribution >= 4 is 18.2 Å². The lowest BCUT2D eigenvalue weighted by Crippen LogP contribution is -2.36. The predicted molar refractivity (Wildman–Crippen MR) is 52.8 cm³/mol. The average Bonchev–Trinajstić information content (AvgIpc) is 2.03. The Morgan fingerprint density at radius 3 is 2.92 bits per heavy atom. The van der Waals surface area contributed by atoms with E-state index in [1.807, 2.05) is 0 Å².